The summed E-state index contributed by atoms with van der Waals surface area (Å²) in [5.41, 5.74) is 1.95. The lowest BCUT2D eigenvalue weighted by Crippen LogP contribution is -2.07. The maximum absolute atomic E-state index is 11.7. The first-order valence-corrected chi connectivity index (χ1v) is 6.32. The molecule has 2 aromatic rings. The molecule has 0 aliphatic carbocycles. The van der Waals surface area contributed by atoms with E-state index in [4.69, 9.17) is 4.42 Å². The van der Waals surface area contributed by atoms with E-state index in [1.165, 1.54) is 6.08 Å². The van der Waals surface area contributed by atoms with E-state index in [1.807, 2.05) is 50.2 Å². The molecule has 19 heavy (non-hydrogen) atoms. The van der Waals surface area contributed by atoms with E-state index in [0.717, 1.165) is 23.4 Å². The molecule has 0 aliphatic heterocycles. The summed E-state index contributed by atoms with van der Waals surface area (Å²) in [5.74, 6) is 1.44. The molecule has 1 N–H and O–H groups in total. The highest BCUT2D eigenvalue weighted by Crippen LogP contribution is 2.11. The molecule has 0 saturated heterocycles. The van der Waals surface area contributed by atoms with Gasteiger partial charge in [0.1, 0.15) is 11.5 Å². The van der Waals surface area contributed by atoms with Crippen LogP contribution in [0.15, 0.2) is 46.9 Å². The van der Waals surface area contributed by atoms with E-state index in [1.54, 1.807) is 6.08 Å². The van der Waals surface area contributed by atoms with E-state index >= 15 is 0 Å². The molecule has 1 aromatic carbocycles. The van der Waals surface area contributed by atoms with Gasteiger partial charge in [0, 0.05) is 18.2 Å². The van der Waals surface area contributed by atoms with Crippen molar-refractivity contribution in [2.45, 2.75) is 20.3 Å². The Labute approximate surface area is 112 Å². The van der Waals surface area contributed by atoms with Crippen LogP contribution >= 0.6 is 0 Å². The number of benzene rings is 1. The first kappa shape index (κ1) is 13.1. The van der Waals surface area contributed by atoms with Gasteiger partial charge in [-0.1, -0.05) is 24.6 Å². The van der Waals surface area contributed by atoms with Crippen molar-refractivity contribution in [3.8, 4) is 0 Å². The SMILES string of the molecule is CCc1ccc(C=CC(=O)Nc2ccc(C)cc2)o1. The lowest BCUT2D eigenvalue weighted by Gasteiger charge is -2.01. The molecule has 0 atom stereocenters. The molecule has 0 unspecified atom stereocenters. The van der Waals surface area contributed by atoms with Crippen LogP contribution in [0.3, 0.4) is 0 Å². The molecule has 0 aliphatic rings. The van der Waals surface area contributed by atoms with Crippen LogP contribution in [0.25, 0.3) is 6.08 Å². The normalized spacial score (nSPS) is 10.8. The van der Waals surface area contributed by atoms with Crippen LogP contribution in [0.2, 0.25) is 0 Å². The third-order valence-corrected chi connectivity index (χ3v) is 2.75. The molecular formula is C16H17NO2. The fourth-order valence-electron chi connectivity index (χ4n) is 1.65. The second-order valence-corrected chi connectivity index (χ2v) is 4.35. The summed E-state index contributed by atoms with van der Waals surface area (Å²) in [4.78, 5) is 11.7. The zero-order valence-electron chi connectivity index (χ0n) is 11.1. The van der Waals surface area contributed by atoms with Gasteiger partial charge < -0.3 is 9.73 Å². The molecule has 0 fully saturated rings. The van der Waals surface area contributed by atoms with Gasteiger partial charge in [-0.05, 0) is 37.3 Å². The molecule has 0 radical (unpaired) electrons. The summed E-state index contributed by atoms with van der Waals surface area (Å²) in [5, 5.41) is 2.79. The van der Waals surface area contributed by atoms with Crippen molar-refractivity contribution < 1.29 is 9.21 Å². The molecule has 0 saturated carbocycles. The third-order valence-electron chi connectivity index (χ3n) is 2.75. The minimum atomic E-state index is -0.168. The fraction of sp³-hybridized carbons (Fsp3) is 0.188. The maximum Gasteiger partial charge on any atom is 0.248 e. The molecule has 1 aromatic heterocycles. The van der Waals surface area contributed by atoms with Gasteiger partial charge in [0.25, 0.3) is 0 Å². The van der Waals surface area contributed by atoms with Crippen molar-refractivity contribution in [3.63, 3.8) is 0 Å². The smallest absolute Gasteiger partial charge is 0.248 e. The Hall–Kier alpha value is -2.29. The fourth-order valence-corrected chi connectivity index (χ4v) is 1.65. The lowest BCUT2D eigenvalue weighted by atomic mass is 10.2. The van der Waals surface area contributed by atoms with Crippen molar-refractivity contribution in [2.24, 2.45) is 0 Å². The van der Waals surface area contributed by atoms with Crippen molar-refractivity contribution in [1.82, 2.24) is 0 Å². The van der Waals surface area contributed by atoms with Crippen molar-refractivity contribution in [1.29, 1.82) is 0 Å². The maximum atomic E-state index is 11.7. The van der Waals surface area contributed by atoms with Crippen LogP contribution in [0.5, 0.6) is 0 Å². The number of nitrogens with one attached hydrogen (secondary N) is 1. The van der Waals surface area contributed by atoms with Crippen molar-refractivity contribution >= 4 is 17.7 Å². The molecule has 3 heteroatoms. The second-order valence-electron chi connectivity index (χ2n) is 4.35. The highest BCUT2D eigenvalue weighted by molar-refractivity contribution is 6.01. The summed E-state index contributed by atoms with van der Waals surface area (Å²) in [7, 11) is 0. The van der Waals surface area contributed by atoms with Crippen LogP contribution in [-0.4, -0.2) is 5.91 Å². The Bertz CT molecular complexity index is 579. The van der Waals surface area contributed by atoms with Crippen LogP contribution in [-0.2, 0) is 11.2 Å². The van der Waals surface area contributed by atoms with Gasteiger partial charge in [-0.25, -0.2) is 0 Å². The van der Waals surface area contributed by atoms with E-state index < -0.39 is 0 Å². The molecule has 0 spiro atoms. The highest BCUT2D eigenvalue weighted by Gasteiger charge is 1.99. The van der Waals surface area contributed by atoms with Crippen molar-refractivity contribution in [3.05, 3.63) is 59.6 Å². The largest absolute Gasteiger partial charge is 0.462 e. The average Bonchev–Trinajstić information content (AvgIpc) is 2.87. The summed E-state index contributed by atoms with van der Waals surface area (Å²) in [6.07, 6.45) is 3.99. The number of anilines is 1. The molecule has 3 nitrogen and oxygen atoms in total. The Kier molecular flexibility index (Phi) is 4.18. The molecule has 1 amide bonds. The van der Waals surface area contributed by atoms with E-state index in [2.05, 4.69) is 5.32 Å². The predicted octanol–water partition coefficient (Wildman–Crippen LogP) is 3.80. The van der Waals surface area contributed by atoms with Gasteiger partial charge in [0.15, 0.2) is 0 Å². The van der Waals surface area contributed by atoms with E-state index in [-0.39, 0.29) is 5.91 Å². The second kappa shape index (κ2) is 6.05. The number of carbonyl (C=O) groups excluding carboxylic acids is 1. The van der Waals surface area contributed by atoms with Gasteiger partial charge >= 0.3 is 0 Å². The van der Waals surface area contributed by atoms with Crippen LogP contribution in [0, 0.1) is 6.92 Å². The summed E-state index contributed by atoms with van der Waals surface area (Å²) < 4.78 is 5.48. The van der Waals surface area contributed by atoms with E-state index in [9.17, 15) is 4.79 Å². The lowest BCUT2D eigenvalue weighted by molar-refractivity contribution is -0.111. The quantitative estimate of drug-likeness (QED) is 0.844. The Morgan fingerprint density at radius 2 is 1.95 bits per heavy atom. The molecular weight excluding hydrogens is 238 g/mol. The van der Waals surface area contributed by atoms with Gasteiger partial charge in [0.2, 0.25) is 5.91 Å². The number of hydrogen-bond acceptors (Lipinski definition) is 2. The third kappa shape index (κ3) is 3.85. The Morgan fingerprint density at radius 1 is 1.21 bits per heavy atom. The number of hydrogen-bond donors (Lipinski definition) is 1. The monoisotopic (exact) mass is 255 g/mol. The first-order valence-electron chi connectivity index (χ1n) is 6.32. The number of rotatable bonds is 4. The van der Waals surface area contributed by atoms with Crippen LogP contribution in [0.4, 0.5) is 5.69 Å². The Morgan fingerprint density at radius 3 is 2.58 bits per heavy atom. The molecule has 0 bridgehead atoms. The summed E-state index contributed by atoms with van der Waals surface area (Å²) >= 11 is 0. The highest BCUT2D eigenvalue weighted by atomic mass is 16.3. The van der Waals surface area contributed by atoms with Gasteiger partial charge in [-0.2, -0.15) is 0 Å². The van der Waals surface area contributed by atoms with Crippen molar-refractivity contribution in [2.75, 3.05) is 5.32 Å². The minimum Gasteiger partial charge on any atom is -0.462 e. The molecule has 1 heterocycles. The summed E-state index contributed by atoms with van der Waals surface area (Å²) in [6, 6.07) is 11.4. The zero-order chi connectivity index (χ0) is 13.7. The topological polar surface area (TPSA) is 42.2 Å². The van der Waals surface area contributed by atoms with Crippen LogP contribution < -0.4 is 5.32 Å². The number of carbonyl (C=O) groups is 1. The summed E-state index contributed by atoms with van der Waals surface area (Å²) in [6.45, 7) is 4.03. The zero-order valence-corrected chi connectivity index (χ0v) is 11.1. The van der Waals surface area contributed by atoms with Crippen LogP contribution in [0.1, 0.15) is 24.0 Å². The predicted molar refractivity (Wildman–Crippen MR) is 76.9 cm³/mol. The van der Waals surface area contributed by atoms with E-state index in [0.29, 0.717) is 5.76 Å². The number of furan rings is 1. The standard InChI is InChI=1S/C16H17NO2/c1-3-14-8-9-15(19-14)10-11-16(18)17-13-6-4-12(2)5-7-13/h4-11H,3H2,1-2H3,(H,17,18). The number of aryl methyl sites for hydroxylation is 2. The van der Waals surface area contributed by atoms with Gasteiger partial charge in [0.05, 0.1) is 0 Å². The first-order chi connectivity index (χ1) is 9.17. The molecule has 98 valence electrons. The Balaban J connectivity index is 1.95. The number of amides is 1. The minimum absolute atomic E-state index is 0.168. The molecule has 2 rings (SSSR count). The van der Waals surface area contributed by atoms with Gasteiger partial charge in [-0.3, -0.25) is 4.79 Å². The average molecular weight is 255 g/mol. The van der Waals surface area contributed by atoms with Gasteiger partial charge in [-0.15, -0.1) is 0 Å².